The van der Waals surface area contributed by atoms with Crippen LogP contribution in [-0.2, 0) is 4.74 Å². The van der Waals surface area contributed by atoms with Gasteiger partial charge >= 0.3 is 6.08 Å². The Morgan fingerprint density at radius 3 is 2.91 bits per heavy atom. The van der Waals surface area contributed by atoms with Gasteiger partial charge in [0, 0.05) is 0 Å². The first kappa shape index (κ1) is 14.6. The maximum Gasteiger partial charge on any atom is 0.328 e. The Morgan fingerprint density at radius 1 is 1.59 bits per heavy atom. The van der Waals surface area contributed by atoms with E-state index in [9.17, 15) is 19.0 Å². The molecule has 3 rings (SSSR count). The number of imidazole rings is 1. The SMILES string of the molecule is C#C[C@]1(CO)O[C@@H](c2cnc3c(N)nc(F)nn23)[C@H](F)[C@@H]1O. The molecule has 0 unspecified atom stereocenters. The highest BCUT2D eigenvalue weighted by molar-refractivity contribution is 5.59. The predicted molar refractivity (Wildman–Crippen MR) is 68.5 cm³/mol. The molecule has 0 saturated carbocycles. The first-order valence-electron chi connectivity index (χ1n) is 6.18. The maximum atomic E-state index is 14.4. The number of aliphatic hydroxyl groups is 2. The molecule has 1 aliphatic rings. The van der Waals surface area contributed by atoms with Gasteiger partial charge in [-0.05, 0) is 0 Å². The number of nitrogens with two attached hydrogens (primary N) is 1. The lowest BCUT2D eigenvalue weighted by Gasteiger charge is -2.23. The summed E-state index contributed by atoms with van der Waals surface area (Å²) in [6.45, 7) is -0.788. The Bertz CT molecular complexity index is 776. The van der Waals surface area contributed by atoms with Crippen LogP contribution >= 0.6 is 0 Å². The fourth-order valence-electron chi connectivity index (χ4n) is 2.39. The first-order valence-corrected chi connectivity index (χ1v) is 6.18. The van der Waals surface area contributed by atoms with E-state index in [4.69, 9.17) is 16.9 Å². The van der Waals surface area contributed by atoms with Crippen LogP contribution in [0.25, 0.3) is 5.65 Å². The third-order valence-electron chi connectivity index (χ3n) is 3.57. The minimum absolute atomic E-state index is 0.00361. The molecule has 3 heterocycles. The molecule has 1 saturated heterocycles. The molecule has 2 aromatic rings. The third-order valence-corrected chi connectivity index (χ3v) is 3.57. The fraction of sp³-hybridized carbons (Fsp3) is 0.417. The summed E-state index contributed by atoms with van der Waals surface area (Å²) in [5.41, 5.74) is 3.60. The largest absolute Gasteiger partial charge is 0.392 e. The third kappa shape index (κ3) is 1.83. The molecule has 0 bridgehead atoms. The van der Waals surface area contributed by atoms with Gasteiger partial charge in [0.15, 0.2) is 23.2 Å². The highest BCUT2D eigenvalue weighted by Gasteiger charge is 2.55. The van der Waals surface area contributed by atoms with Gasteiger partial charge in [-0.25, -0.2) is 13.9 Å². The van der Waals surface area contributed by atoms with Crippen LogP contribution in [0.15, 0.2) is 6.20 Å². The van der Waals surface area contributed by atoms with Crippen molar-refractivity contribution in [1.82, 2.24) is 19.6 Å². The van der Waals surface area contributed by atoms with E-state index in [1.165, 1.54) is 0 Å². The van der Waals surface area contributed by atoms with Crippen molar-refractivity contribution in [2.75, 3.05) is 12.3 Å². The number of ether oxygens (including phenoxy) is 1. The Balaban J connectivity index is 2.11. The number of alkyl halides is 1. The lowest BCUT2D eigenvalue weighted by atomic mass is 9.96. The minimum Gasteiger partial charge on any atom is -0.392 e. The van der Waals surface area contributed by atoms with E-state index in [0.29, 0.717) is 0 Å². The van der Waals surface area contributed by atoms with Crippen molar-refractivity contribution in [2.24, 2.45) is 0 Å². The molecule has 4 N–H and O–H groups in total. The number of anilines is 1. The van der Waals surface area contributed by atoms with Crippen molar-refractivity contribution >= 4 is 11.5 Å². The van der Waals surface area contributed by atoms with Crippen LogP contribution < -0.4 is 5.73 Å². The molecule has 0 radical (unpaired) electrons. The highest BCUT2D eigenvalue weighted by Crippen LogP contribution is 2.41. The van der Waals surface area contributed by atoms with Gasteiger partial charge in [-0.1, -0.05) is 5.92 Å². The summed E-state index contributed by atoms with van der Waals surface area (Å²) in [7, 11) is 0. The van der Waals surface area contributed by atoms with Crippen LogP contribution in [0.1, 0.15) is 11.8 Å². The van der Waals surface area contributed by atoms with Crippen molar-refractivity contribution in [3.8, 4) is 12.3 Å². The molecule has 22 heavy (non-hydrogen) atoms. The number of nitrogens with zero attached hydrogens (tertiary/aromatic N) is 4. The molecule has 8 nitrogen and oxygen atoms in total. The van der Waals surface area contributed by atoms with E-state index < -0.39 is 36.7 Å². The Kier molecular flexibility index (Phi) is 3.21. The Morgan fingerprint density at radius 2 is 2.32 bits per heavy atom. The van der Waals surface area contributed by atoms with Crippen molar-refractivity contribution in [1.29, 1.82) is 0 Å². The molecular weight excluding hydrogens is 300 g/mol. The highest BCUT2D eigenvalue weighted by atomic mass is 19.1. The number of hydrogen-bond donors (Lipinski definition) is 3. The van der Waals surface area contributed by atoms with Gasteiger partial charge in [0.1, 0.15) is 12.2 Å². The molecule has 1 fully saturated rings. The summed E-state index contributed by atoms with van der Waals surface area (Å²) < 4.78 is 33.9. The second-order valence-electron chi connectivity index (χ2n) is 4.80. The van der Waals surface area contributed by atoms with Crippen LogP contribution in [-0.4, -0.2) is 54.3 Å². The van der Waals surface area contributed by atoms with Gasteiger partial charge in [0.25, 0.3) is 0 Å². The minimum atomic E-state index is -1.97. The van der Waals surface area contributed by atoms with Gasteiger partial charge in [-0.3, -0.25) is 0 Å². The first-order chi connectivity index (χ1) is 10.4. The van der Waals surface area contributed by atoms with E-state index in [-0.39, 0.29) is 17.2 Å². The normalized spacial score (nSPS) is 31.5. The molecule has 4 atom stereocenters. The monoisotopic (exact) mass is 311 g/mol. The van der Waals surface area contributed by atoms with Gasteiger partial charge in [-0.15, -0.1) is 11.5 Å². The lowest BCUT2D eigenvalue weighted by molar-refractivity contribution is -0.0732. The van der Waals surface area contributed by atoms with Crippen LogP contribution in [0.5, 0.6) is 0 Å². The zero-order chi connectivity index (χ0) is 16.1. The van der Waals surface area contributed by atoms with Crippen molar-refractivity contribution in [3.05, 3.63) is 18.0 Å². The van der Waals surface area contributed by atoms with E-state index in [1.54, 1.807) is 0 Å². The topological polar surface area (TPSA) is 119 Å². The second kappa shape index (κ2) is 4.84. The standard InChI is InChI=1S/C12H11F2N5O3/c1-2-12(4-20)8(21)6(13)7(22-12)5-3-16-10-9(15)17-11(14)18-19(5)10/h1,3,6-8,20-21H,4H2,(H2,15,17,18)/t6-,7-,8-,12+/m0/s1. The maximum absolute atomic E-state index is 14.4. The van der Waals surface area contributed by atoms with Crippen LogP contribution in [0.2, 0.25) is 0 Å². The average molecular weight is 311 g/mol. The summed E-state index contributed by atoms with van der Waals surface area (Å²) in [4.78, 5) is 7.16. The molecule has 10 heteroatoms. The number of terminal acetylenes is 1. The molecule has 1 aliphatic heterocycles. The van der Waals surface area contributed by atoms with Crippen LogP contribution in [0.4, 0.5) is 14.6 Å². The van der Waals surface area contributed by atoms with Crippen molar-refractivity contribution in [3.63, 3.8) is 0 Å². The number of aromatic nitrogens is 4. The molecule has 0 aliphatic carbocycles. The molecular formula is C12H11F2N5O3. The predicted octanol–water partition coefficient (Wildman–Crippen LogP) is -1.02. The Hall–Kier alpha value is -2.35. The quantitative estimate of drug-likeness (QED) is 0.607. The van der Waals surface area contributed by atoms with E-state index in [2.05, 4.69) is 15.1 Å². The van der Waals surface area contributed by atoms with Gasteiger partial charge in [0.2, 0.25) is 0 Å². The summed E-state index contributed by atoms with van der Waals surface area (Å²) >= 11 is 0. The zero-order valence-corrected chi connectivity index (χ0v) is 11.0. The van der Waals surface area contributed by atoms with Crippen molar-refractivity contribution in [2.45, 2.75) is 24.0 Å². The zero-order valence-electron chi connectivity index (χ0n) is 11.0. The average Bonchev–Trinajstić information content (AvgIpc) is 3.01. The smallest absolute Gasteiger partial charge is 0.328 e. The molecule has 0 aromatic carbocycles. The second-order valence-corrected chi connectivity index (χ2v) is 4.80. The number of fused-ring (bicyclic) bond motifs is 1. The van der Waals surface area contributed by atoms with E-state index in [1.807, 2.05) is 5.92 Å². The number of aliphatic hydroxyl groups excluding tert-OH is 2. The van der Waals surface area contributed by atoms with Crippen LogP contribution in [0, 0.1) is 18.4 Å². The van der Waals surface area contributed by atoms with Gasteiger partial charge in [-0.2, -0.15) is 9.37 Å². The molecule has 2 aromatic heterocycles. The van der Waals surface area contributed by atoms with Crippen LogP contribution in [0.3, 0.4) is 0 Å². The van der Waals surface area contributed by atoms with E-state index >= 15 is 0 Å². The molecule has 0 spiro atoms. The number of nitrogen functional groups attached to an aromatic ring is 1. The van der Waals surface area contributed by atoms with E-state index in [0.717, 1.165) is 10.7 Å². The number of rotatable bonds is 2. The van der Waals surface area contributed by atoms with Crippen molar-refractivity contribution < 1.29 is 23.7 Å². The summed E-state index contributed by atoms with van der Waals surface area (Å²) in [6, 6.07) is 0. The van der Waals surface area contributed by atoms with Gasteiger partial charge in [0.05, 0.1) is 18.5 Å². The number of halogens is 2. The molecule has 0 amide bonds. The molecule has 116 valence electrons. The Labute approximate surface area is 122 Å². The summed E-state index contributed by atoms with van der Waals surface area (Å²) in [5, 5.41) is 22.6. The van der Waals surface area contributed by atoms with Gasteiger partial charge < -0.3 is 20.7 Å². The lowest BCUT2D eigenvalue weighted by Crippen LogP contribution is -2.44. The fourth-order valence-corrected chi connectivity index (χ4v) is 2.39. The summed E-state index contributed by atoms with van der Waals surface area (Å²) in [6.07, 6.45) is 0.111. The summed E-state index contributed by atoms with van der Waals surface area (Å²) in [5.74, 6) is 1.81. The number of hydrogen-bond acceptors (Lipinski definition) is 7.